The Bertz CT molecular complexity index is 4480. The van der Waals surface area contributed by atoms with Crippen LogP contribution in [0.2, 0.25) is 0 Å². The number of benzene rings is 1. The van der Waals surface area contributed by atoms with E-state index in [1.165, 1.54) is 54.5 Å². The van der Waals surface area contributed by atoms with Crippen LogP contribution in [0.5, 0.6) is 5.75 Å². The lowest BCUT2D eigenvalue weighted by molar-refractivity contribution is -0.280. The van der Waals surface area contributed by atoms with Gasteiger partial charge in [0, 0.05) is 76.0 Å². The number of likely N-dealkylation sites (N-methyl/N-ethyl adjacent to an activating group) is 1. The minimum Gasteiger partial charge on any atom is -0.499 e. The van der Waals surface area contributed by atoms with Crippen molar-refractivity contribution in [1.82, 2.24) is 65.7 Å². The smallest absolute Gasteiger partial charge is 0.358 e. The monoisotopic (exact) mass is 1470 g/mol. The van der Waals surface area contributed by atoms with E-state index in [4.69, 9.17) is 68.5 Å². The van der Waals surface area contributed by atoms with Gasteiger partial charge in [-0.1, -0.05) is 12.1 Å². The molecule has 5 aliphatic heterocycles. The first-order chi connectivity index (χ1) is 48.0. The number of carbonyl (C=O) groups is 6. The van der Waals surface area contributed by atoms with Crippen LogP contribution >= 0.6 is 56.7 Å². The molecule has 10 unspecified atom stereocenters. The van der Waals surface area contributed by atoms with Crippen LogP contribution in [0.25, 0.3) is 49.3 Å². The van der Waals surface area contributed by atoms with Gasteiger partial charge in [-0.3, -0.25) is 24.1 Å². The number of thiazole rings is 5. The van der Waals surface area contributed by atoms with E-state index in [0.29, 0.717) is 70.9 Å². The van der Waals surface area contributed by atoms with E-state index in [0.717, 1.165) is 45.3 Å². The Morgan fingerprint density at radius 3 is 2.26 bits per heavy atom. The van der Waals surface area contributed by atoms with E-state index >= 15 is 19.2 Å². The molecule has 0 aliphatic carbocycles. The molecule has 8 aromatic rings. The lowest BCUT2D eigenvalue weighted by Crippen LogP contribution is -2.62. The fourth-order valence-corrected chi connectivity index (χ4v) is 16.9. The molecule has 2 fully saturated rings. The Kier molecular flexibility index (Phi) is 20.6. The third-order valence-electron chi connectivity index (χ3n) is 17.5. The van der Waals surface area contributed by atoms with Gasteiger partial charge in [-0.25, -0.2) is 39.5 Å². The highest BCUT2D eigenvalue weighted by molar-refractivity contribution is 7.14. The number of aromatic nitrogens is 7. The third kappa shape index (κ3) is 14.2. The van der Waals surface area contributed by atoms with Crippen molar-refractivity contribution < 1.29 is 82.1 Å². The van der Waals surface area contributed by atoms with Crippen molar-refractivity contribution in [2.24, 2.45) is 5.73 Å². The van der Waals surface area contributed by atoms with Crippen LogP contribution in [0.4, 0.5) is 0 Å². The molecule has 0 radical (unpaired) electrons. The normalized spacial score (nSPS) is 25.0. The van der Waals surface area contributed by atoms with Crippen molar-refractivity contribution in [2.45, 2.75) is 114 Å². The molecule has 12 bridgehead atoms. The van der Waals surface area contributed by atoms with Gasteiger partial charge in [-0.05, 0) is 59.5 Å². The van der Waals surface area contributed by atoms with E-state index in [2.05, 4.69) is 31.2 Å². The molecule has 9 N–H and O–H groups in total. The fraction of sp³-hybridized carbons (Fsp3) is 0.438. The lowest BCUT2D eigenvalue weighted by Gasteiger charge is -2.48. The molecule has 10 atom stereocenters. The zero-order valence-corrected chi connectivity index (χ0v) is 59.0. The number of methoxy groups -OCH3 is 1. The molecule has 528 valence electrons. The summed E-state index contributed by atoms with van der Waals surface area (Å²) in [7, 11) is 4.91. The number of aliphatic hydroxyl groups excluding tert-OH is 1. The molecular formula is C64H70N14O17S5. The van der Waals surface area contributed by atoms with Gasteiger partial charge in [0.1, 0.15) is 120 Å². The highest BCUT2D eigenvalue weighted by atomic mass is 32.1. The number of allylic oxidation sites excluding steroid dienone is 1. The van der Waals surface area contributed by atoms with E-state index in [1.807, 2.05) is 0 Å². The highest BCUT2D eigenvalue weighted by Gasteiger charge is 2.50. The maximum atomic E-state index is 15.2. The van der Waals surface area contributed by atoms with Gasteiger partial charge >= 0.3 is 11.9 Å². The third-order valence-corrected chi connectivity index (χ3v) is 22.1. The van der Waals surface area contributed by atoms with Gasteiger partial charge < -0.3 is 85.2 Å². The van der Waals surface area contributed by atoms with Crippen LogP contribution in [0.3, 0.4) is 0 Å². The summed E-state index contributed by atoms with van der Waals surface area (Å²) in [6, 6.07) is 1.42. The second-order valence-corrected chi connectivity index (χ2v) is 29.0. The molecule has 4 amide bonds. The van der Waals surface area contributed by atoms with Crippen LogP contribution in [0, 0.1) is 0 Å². The number of esters is 2. The van der Waals surface area contributed by atoms with Crippen LogP contribution in [0.15, 0.2) is 56.9 Å². The summed E-state index contributed by atoms with van der Waals surface area (Å²) in [5.41, 5.74) is 5.66. The van der Waals surface area contributed by atoms with E-state index in [9.17, 15) is 25.0 Å². The molecule has 0 spiro atoms. The van der Waals surface area contributed by atoms with Gasteiger partial charge in [0.2, 0.25) is 5.91 Å². The molecule has 2 saturated heterocycles. The second kappa shape index (κ2) is 29.3. The summed E-state index contributed by atoms with van der Waals surface area (Å²) in [4.78, 5) is 123. The zero-order valence-electron chi connectivity index (χ0n) is 54.9. The Labute approximate surface area is 590 Å². The first kappa shape index (κ1) is 70.1. The van der Waals surface area contributed by atoms with E-state index in [1.54, 1.807) is 61.8 Å². The predicted octanol–water partition coefficient (Wildman–Crippen LogP) is 4.63. The molecule has 1 aromatic carbocycles. The summed E-state index contributed by atoms with van der Waals surface area (Å²) in [5.74, 6) is -5.23. The SMILES string of the molecule is CO/C(C)=C1/NC(=O)C(C(C)O)NC(=O)c2csc(n2)-c2cc(OCCN3CCOCC3)c(-c3nc(CN)cs3)nc2-c2csc(n2)C2COC(=O)c3c4c5c(cccc5n3O)COC(=O)C(OC3CC(C)(O)C(N(C)C)C(C)O3)C(OC4)C(NC(=O)c3csc1n3)c1nc(cs1)C(=O)N2. The van der Waals surface area contributed by atoms with Gasteiger partial charge in [0.15, 0.2) is 18.1 Å². The number of pyridine rings is 1. The van der Waals surface area contributed by atoms with Crippen LogP contribution in [0.1, 0.15) is 120 Å². The molecule has 36 heteroatoms. The zero-order chi connectivity index (χ0) is 70.4. The Balaban J connectivity index is 0.990. The number of nitrogens with zero attached hydrogens (tertiary/aromatic N) is 9. The summed E-state index contributed by atoms with van der Waals surface area (Å²) < 4.78 is 50.8. The number of morpholine rings is 1. The van der Waals surface area contributed by atoms with Crippen molar-refractivity contribution in [3.63, 3.8) is 0 Å². The average molecular weight is 1470 g/mol. The number of hydrogen-bond donors (Lipinski definition) is 8. The summed E-state index contributed by atoms with van der Waals surface area (Å²) in [5, 5.41) is 55.6. The number of nitrogens with two attached hydrogens (primary N) is 1. The minimum absolute atomic E-state index is 0.0207. The number of cyclic esters (lactones) is 2. The Morgan fingerprint density at radius 1 is 0.840 bits per heavy atom. The number of carbonyl (C=O) groups excluding carboxylic acids is 6. The highest BCUT2D eigenvalue weighted by Crippen LogP contribution is 2.43. The van der Waals surface area contributed by atoms with Crippen molar-refractivity contribution in [3.05, 3.63) is 112 Å². The van der Waals surface area contributed by atoms with Crippen LogP contribution in [-0.2, 0) is 62.5 Å². The van der Waals surface area contributed by atoms with Crippen molar-refractivity contribution in [3.8, 4) is 38.4 Å². The van der Waals surface area contributed by atoms with Crippen molar-refractivity contribution >= 4 is 109 Å². The quantitative estimate of drug-likeness (QED) is 0.0497. The van der Waals surface area contributed by atoms with Crippen LogP contribution in [-0.4, -0.2) is 211 Å². The standard InChI is InChI=1S/C64H70N14O17S5/c1-28(79)44-56(83)74-45(29(2)88-7)59-70-39(27-99-59)55(82)75-48-50-51(95-42-18-64(4,86)52(76(5)6)30(3)94-42)63(85)92-20-31-9-8-10-40-43(31)34(21-91-50)49(78(40)87)62(84)93-22-35(67-53(80)37-26-100-61(48)71-37)58-68-36(24-98-58)46-33(57-69-38(25-97-57)54(81)73-44)17-41(90-16-13-77-11-14-89-15-12-77)47(72-46)60-66-32(19-65)23-96-60/h8-10,17,23-28,30,35,42,44,48,50-52,79,86-87H,11-16,18-22,65H2,1-7H3,(H,67,80)(H,73,81)(H,74,83)(H,75,82)/b45-29+. The second-order valence-electron chi connectivity index (χ2n) is 24.6. The van der Waals surface area contributed by atoms with Gasteiger partial charge in [0.05, 0.1) is 62.0 Å². The fourth-order valence-electron chi connectivity index (χ4n) is 12.7. The molecule has 12 heterocycles. The summed E-state index contributed by atoms with van der Waals surface area (Å²) >= 11 is 5.22. The number of hydrogen-bond acceptors (Lipinski definition) is 31. The molecule has 5 aliphatic rings. The molecule has 13 rings (SSSR count). The van der Waals surface area contributed by atoms with Gasteiger partial charge in [-0.15, -0.1) is 56.7 Å². The number of nitrogens with one attached hydrogen (secondary N) is 4. The Morgan fingerprint density at radius 2 is 1.53 bits per heavy atom. The molecular weight excluding hydrogens is 1400 g/mol. The summed E-state index contributed by atoms with van der Waals surface area (Å²) in [6.45, 7) is 7.92. The first-order valence-corrected chi connectivity index (χ1v) is 36.1. The predicted molar refractivity (Wildman–Crippen MR) is 363 cm³/mol. The number of ether oxygens (including phenoxy) is 8. The average Bonchev–Trinajstić information content (AvgIpc) is 1.57. The maximum Gasteiger partial charge on any atom is 0.358 e. The van der Waals surface area contributed by atoms with Gasteiger partial charge in [0.25, 0.3) is 17.7 Å². The number of amides is 4. The largest absolute Gasteiger partial charge is 0.499 e. The first-order valence-electron chi connectivity index (χ1n) is 31.7. The molecule has 0 saturated carbocycles. The number of fused-ring (bicyclic) bond motifs is 15. The summed E-state index contributed by atoms with van der Waals surface area (Å²) in [6.07, 6.45) is -7.37. The Hall–Kier alpha value is -8.34. The number of rotatable bonds is 11. The van der Waals surface area contributed by atoms with E-state index < -0.39 is 122 Å². The number of aliphatic hydroxyl groups is 2. The molecule has 100 heavy (non-hydrogen) atoms. The topological polar surface area (TPSA) is 400 Å². The maximum absolute atomic E-state index is 15.2. The van der Waals surface area contributed by atoms with Crippen molar-refractivity contribution in [1.29, 1.82) is 0 Å². The minimum atomic E-state index is -1.89. The van der Waals surface area contributed by atoms with Crippen LogP contribution < -0.4 is 31.7 Å². The lowest BCUT2D eigenvalue weighted by atomic mass is 9.85. The van der Waals surface area contributed by atoms with Crippen molar-refractivity contribution in [2.75, 3.05) is 67.3 Å². The molecule has 31 nitrogen and oxygen atoms in total. The van der Waals surface area contributed by atoms with E-state index in [-0.39, 0.29) is 96.0 Å². The molecule has 7 aromatic heterocycles. The van der Waals surface area contributed by atoms with Gasteiger partial charge in [-0.2, -0.15) is 4.73 Å².